The Kier molecular flexibility index (Phi) is 4.06. The minimum atomic E-state index is 0.195. The zero-order valence-electron chi connectivity index (χ0n) is 12.2. The van der Waals surface area contributed by atoms with Crippen molar-refractivity contribution in [1.29, 1.82) is 0 Å². The summed E-state index contributed by atoms with van der Waals surface area (Å²) in [5.74, 6) is 1.05. The van der Waals surface area contributed by atoms with Gasteiger partial charge in [-0.1, -0.05) is 54.9 Å². The zero-order valence-corrected chi connectivity index (χ0v) is 12.2. The van der Waals surface area contributed by atoms with Crippen LogP contribution in [0.1, 0.15) is 48.3 Å². The summed E-state index contributed by atoms with van der Waals surface area (Å²) in [6.07, 6.45) is 5.90. The van der Waals surface area contributed by atoms with E-state index in [2.05, 4.69) is 35.8 Å². The minimum absolute atomic E-state index is 0.195. The molecule has 1 aromatic heterocycles. The van der Waals surface area contributed by atoms with Crippen molar-refractivity contribution in [3.8, 4) is 0 Å². The molecule has 4 nitrogen and oxygen atoms in total. The maximum atomic E-state index is 9.48. The first-order chi connectivity index (χ1) is 10.3. The standard InChI is InChI=1S/C17H20N2O2/c1-2-3-9-14-17-15(18-20)10-13(11-16(17)21-19-14)12-7-5-4-6-8-12/h4-8,10,13,18,20H,2-3,9,11H2,1H3/t13-/m0/s1. The quantitative estimate of drug-likeness (QED) is 0.822. The number of fused-ring (bicyclic) bond motifs is 1. The summed E-state index contributed by atoms with van der Waals surface area (Å²) in [7, 11) is 0. The number of nitrogens with one attached hydrogen (secondary N) is 1. The van der Waals surface area contributed by atoms with Crippen LogP contribution < -0.4 is 5.48 Å². The van der Waals surface area contributed by atoms with Crippen molar-refractivity contribution in [2.75, 3.05) is 0 Å². The third-order valence-electron chi connectivity index (χ3n) is 3.99. The summed E-state index contributed by atoms with van der Waals surface area (Å²) in [5, 5.41) is 13.7. The molecule has 4 heteroatoms. The number of hydrogen-bond acceptors (Lipinski definition) is 4. The Morgan fingerprint density at radius 1 is 1.33 bits per heavy atom. The molecule has 1 atom stereocenters. The fourth-order valence-corrected chi connectivity index (χ4v) is 2.87. The average molecular weight is 284 g/mol. The maximum absolute atomic E-state index is 9.48. The van der Waals surface area contributed by atoms with Gasteiger partial charge in [0, 0.05) is 12.3 Å². The van der Waals surface area contributed by atoms with Gasteiger partial charge in [0.05, 0.1) is 17.0 Å². The van der Waals surface area contributed by atoms with E-state index in [0.717, 1.165) is 42.7 Å². The smallest absolute Gasteiger partial charge is 0.147 e. The molecular formula is C17H20N2O2. The lowest BCUT2D eigenvalue weighted by atomic mass is 9.86. The summed E-state index contributed by atoms with van der Waals surface area (Å²) in [4.78, 5) is 0. The number of benzene rings is 1. The molecule has 1 aromatic carbocycles. The van der Waals surface area contributed by atoms with Gasteiger partial charge in [0.15, 0.2) is 0 Å². The third kappa shape index (κ3) is 2.72. The summed E-state index contributed by atoms with van der Waals surface area (Å²) in [5.41, 5.74) is 6.12. The molecule has 0 unspecified atom stereocenters. The van der Waals surface area contributed by atoms with E-state index >= 15 is 0 Å². The van der Waals surface area contributed by atoms with E-state index in [-0.39, 0.29) is 5.92 Å². The van der Waals surface area contributed by atoms with Crippen molar-refractivity contribution in [3.63, 3.8) is 0 Å². The molecule has 0 fully saturated rings. The van der Waals surface area contributed by atoms with Crippen molar-refractivity contribution in [1.82, 2.24) is 10.6 Å². The van der Waals surface area contributed by atoms with Gasteiger partial charge in [-0.3, -0.25) is 10.7 Å². The lowest BCUT2D eigenvalue weighted by Gasteiger charge is -2.20. The van der Waals surface area contributed by atoms with Gasteiger partial charge in [-0.25, -0.2) is 0 Å². The number of rotatable bonds is 5. The molecule has 2 N–H and O–H groups in total. The molecule has 0 amide bonds. The summed E-state index contributed by atoms with van der Waals surface area (Å²) >= 11 is 0. The van der Waals surface area contributed by atoms with Gasteiger partial charge in [0.2, 0.25) is 0 Å². The van der Waals surface area contributed by atoms with Crippen molar-refractivity contribution in [2.45, 2.75) is 38.5 Å². The SMILES string of the molecule is CCCCc1noc2c1C(NO)=C[C@H](c1ccccc1)C2. The molecular weight excluding hydrogens is 264 g/mol. The maximum Gasteiger partial charge on any atom is 0.147 e. The Labute approximate surface area is 124 Å². The summed E-state index contributed by atoms with van der Waals surface area (Å²) in [6.45, 7) is 2.15. The predicted molar refractivity (Wildman–Crippen MR) is 80.9 cm³/mol. The Morgan fingerprint density at radius 2 is 2.14 bits per heavy atom. The number of nitrogens with zero attached hydrogens (tertiary/aromatic N) is 1. The van der Waals surface area contributed by atoms with E-state index in [4.69, 9.17) is 4.52 Å². The van der Waals surface area contributed by atoms with E-state index in [1.807, 2.05) is 18.2 Å². The normalized spacial score (nSPS) is 17.2. The molecule has 110 valence electrons. The van der Waals surface area contributed by atoms with Gasteiger partial charge >= 0.3 is 0 Å². The van der Waals surface area contributed by atoms with E-state index in [1.165, 1.54) is 5.56 Å². The van der Waals surface area contributed by atoms with Gasteiger partial charge in [-0.05, 0) is 18.4 Å². The van der Waals surface area contributed by atoms with Crippen molar-refractivity contribution in [3.05, 3.63) is 59.0 Å². The molecule has 0 saturated carbocycles. The van der Waals surface area contributed by atoms with Crippen LogP contribution in [0.3, 0.4) is 0 Å². The molecule has 0 saturated heterocycles. The van der Waals surface area contributed by atoms with Gasteiger partial charge in [-0.15, -0.1) is 0 Å². The van der Waals surface area contributed by atoms with E-state index < -0.39 is 0 Å². The van der Waals surface area contributed by atoms with Crippen LogP contribution >= 0.6 is 0 Å². The summed E-state index contributed by atoms with van der Waals surface area (Å²) in [6, 6.07) is 10.2. The van der Waals surface area contributed by atoms with Crippen LogP contribution in [0.2, 0.25) is 0 Å². The monoisotopic (exact) mass is 284 g/mol. The van der Waals surface area contributed by atoms with Gasteiger partial charge < -0.3 is 4.52 Å². The van der Waals surface area contributed by atoms with Gasteiger partial charge in [0.25, 0.3) is 0 Å². The topological polar surface area (TPSA) is 58.3 Å². The Bertz CT molecular complexity index is 631. The molecule has 0 aliphatic heterocycles. The number of aromatic nitrogens is 1. The lowest BCUT2D eigenvalue weighted by Crippen LogP contribution is -2.16. The average Bonchev–Trinajstić information content (AvgIpc) is 2.96. The van der Waals surface area contributed by atoms with Crippen LogP contribution in [-0.2, 0) is 12.8 Å². The molecule has 1 heterocycles. The first-order valence-corrected chi connectivity index (χ1v) is 7.48. The number of hydroxylamine groups is 1. The fourth-order valence-electron chi connectivity index (χ4n) is 2.87. The number of unbranched alkanes of at least 4 members (excludes halogenated alkanes) is 1. The molecule has 1 aliphatic carbocycles. The molecule has 0 spiro atoms. The predicted octanol–water partition coefficient (Wildman–Crippen LogP) is 3.68. The molecule has 21 heavy (non-hydrogen) atoms. The van der Waals surface area contributed by atoms with Crippen LogP contribution in [0.5, 0.6) is 0 Å². The van der Waals surface area contributed by atoms with Crippen molar-refractivity contribution < 1.29 is 9.73 Å². The number of aryl methyl sites for hydroxylation is 1. The van der Waals surface area contributed by atoms with Crippen molar-refractivity contribution >= 4 is 5.70 Å². The third-order valence-corrected chi connectivity index (χ3v) is 3.99. The molecule has 0 bridgehead atoms. The van der Waals surface area contributed by atoms with Crippen LogP contribution in [0.25, 0.3) is 5.70 Å². The Morgan fingerprint density at radius 3 is 2.86 bits per heavy atom. The van der Waals surface area contributed by atoms with Gasteiger partial charge in [-0.2, -0.15) is 0 Å². The largest absolute Gasteiger partial charge is 0.360 e. The van der Waals surface area contributed by atoms with Gasteiger partial charge in [0.1, 0.15) is 5.76 Å². The minimum Gasteiger partial charge on any atom is -0.360 e. The molecule has 2 aromatic rings. The fraction of sp³-hybridized carbons (Fsp3) is 0.353. The second kappa shape index (κ2) is 6.14. The Hall–Kier alpha value is -2.07. The van der Waals surface area contributed by atoms with Crippen LogP contribution in [0.15, 0.2) is 40.9 Å². The molecule has 0 radical (unpaired) electrons. The van der Waals surface area contributed by atoms with Crippen LogP contribution in [-0.4, -0.2) is 10.4 Å². The second-order valence-corrected chi connectivity index (χ2v) is 5.44. The zero-order chi connectivity index (χ0) is 14.7. The molecule has 3 rings (SSSR count). The first kappa shape index (κ1) is 13.9. The van der Waals surface area contributed by atoms with E-state index in [1.54, 1.807) is 0 Å². The summed E-state index contributed by atoms with van der Waals surface area (Å²) < 4.78 is 5.53. The van der Waals surface area contributed by atoms with E-state index in [9.17, 15) is 5.21 Å². The highest BCUT2D eigenvalue weighted by Crippen LogP contribution is 2.35. The van der Waals surface area contributed by atoms with Crippen molar-refractivity contribution in [2.24, 2.45) is 0 Å². The highest BCUT2D eigenvalue weighted by Gasteiger charge is 2.27. The second-order valence-electron chi connectivity index (χ2n) is 5.44. The highest BCUT2D eigenvalue weighted by molar-refractivity contribution is 5.69. The van der Waals surface area contributed by atoms with Crippen LogP contribution in [0.4, 0.5) is 0 Å². The van der Waals surface area contributed by atoms with E-state index in [0.29, 0.717) is 5.70 Å². The Balaban J connectivity index is 1.93. The molecule has 1 aliphatic rings. The number of allylic oxidation sites excluding steroid dienone is 1. The lowest BCUT2D eigenvalue weighted by molar-refractivity contribution is 0.223. The number of hydrogen-bond donors (Lipinski definition) is 2. The highest BCUT2D eigenvalue weighted by atomic mass is 16.5. The van der Waals surface area contributed by atoms with Crippen LogP contribution in [0, 0.1) is 0 Å². The first-order valence-electron chi connectivity index (χ1n) is 7.48.